The van der Waals surface area contributed by atoms with Crippen LogP contribution in [0.2, 0.25) is 0 Å². The van der Waals surface area contributed by atoms with Gasteiger partial charge in [0, 0.05) is 18.8 Å². The first-order valence-electron chi connectivity index (χ1n) is 5.62. The second-order valence-electron chi connectivity index (χ2n) is 3.95. The molecule has 1 aliphatic heterocycles. The number of carbonyl (C=O) groups is 1. The van der Waals surface area contributed by atoms with Crippen LogP contribution >= 0.6 is 0 Å². The molecule has 1 aromatic rings. The first kappa shape index (κ1) is 11.3. The monoisotopic (exact) mass is 220 g/mol. The lowest BCUT2D eigenvalue weighted by atomic mass is 10.0. The molecule has 0 spiro atoms. The van der Waals surface area contributed by atoms with Crippen LogP contribution in [0.1, 0.15) is 24.3 Å². The fourth-order valence-corrected chi connectivity index (χ4v) is 1.83. The maximum atomic E-state index is 10.2. The molecule has 0 saturated carbocycles. The number of hydrogen-bond donors (Lipinski definition) is 0. The average Bonchev–Trinajstić information content (AvgIpc) is 2.38. The summed E-state index contributed by atoms with van der Waals surface area (Å²) in [4.78, 5) is 10.2. The van der Waals surface area contributed by atoms with Crippen LogP contribution < -0.4 is 0 Å². The summed E-state index contributed by atoms with van der Waals surface area (Å²) in [6.07, 6.45) is 1.85. The predicted molar refractivity (Wildman–Crippen MR) is 60.2 cm³/mol. The van der Waals surface area contributed by atoms with E-state index in [0.29, 0.717) is 32.0 Å². The summed E-state index contributed by atoms with van der Waals surface area (Å²) < 4.78 is 11.1. The third kappa shape index (κ3) is 2.90. The second kappa shape index (κ2) is 5.77. The SMILES string of the molecule is O=CCCC1OCC(c2ccccc2)CO1. The van der Waals surface area contributed by atoms with Crippen molar-refractivity contribution in [1.29, 1.82) is 0 Å². The van der Waals surface area contributed by atoms with E-state index < -0.39 is 0 Å². The van der Waals surface area contributed by atoms with Crippen molar-refractivity contribution < 1.29 is 14.3 Å². The normalized spacial score (nSPS) is 25.2. The van der Waals surface area contributed by atoms with Crippen molar-refractivity contribution in [2.75, 3.05) is 13.2 Å². The average molecular weight is 220 g/mol. The molecule has 1 saturated heterocycles. The molecule has 86 valence electrons. The van der Waals surface area contributed by atoms with Gasteiger partial charge in [-0.3, -0.25) is 0 Å². The van der Waals surface area contributed by atoms with E-state index in [1.54, 1.807) is 0 Å². The standard InChI is InChI=1S/C13H16O3/c14-8-4-7-13-15-9-12(10-16-13)11-5-2-1-3-6-11/h1-3,5-6,8,12-13H,4,7,9-10H2. The Bertz CT molecular complexity index is 315. The molecule has 1 aliphatic rings. The van der Waals surface area contributed by atoms with E-state index in [1.165, 1.54) is 5.56 Å². The molecule has 0 unspecified atom stereocenters. The van der Waals surface area contributed by atoms with E-state index in [4.69, 9.17) is 9.47 Å². The van der Waals surface area contributed by atoms with Gasteiger partial charge in [0.1, 0.15) is 6.29 Å². The zero-order valence-electron chi connectivity index (χ0n) is 9.17. The van der Waals surface area contributed by atoms with Gasteiger partial charge in [0.2, 0.25) is 0 Å². The molecular weight excluding hydrogens is 204 g/mol. The minimum Gasteiger partial charge on any atom is -0.352 e. The van der Waals surface area contributed by atoms with E-state index in [1.807, 2.05) is 18.2 Å². The van der Waals surface area contributed by atoms with E-state index in [2.05, 4.69) is 12.1 Å². The Morgan fingerprint density at radius 2 is 1.88 bits per heavy atom. The van der Waals surface area contributed by atoms with Gasteiger partial charge < -0.3 is 14.3 Å². The van der Waals surface area contributed by atoms with Gasteiger partial charge >= 0.3 is 0 Å². The zero-order valence-corrected chi connectivity index (χ0v) is 9.17. The van der Waals surface area contributed by atoms with Gasteiger partial charge in [0.05, 0.1) is 13.2 Å². The number of ether oxygens (including phenoxy) is 2. The highest BCUT2D eigenvalue weighted by molar-refractivity contribution is 5.49. The molecule has 0 aromatic heterocycles. The third-order valence-corrected chi connectivity index (χ3v) is 2.76. The fourth-order valence-electron chi connectivity index (χ4n) is 1.83. The lowest BCUT2D eigenvalue weighted by Gasteiger charge is -2.29. The quantitative estimate of drug-likeness (QED) is 0.729. The summed E-state index contributed by atoms with van der Waals surface area (Å²) in [7, 11) is 0. The van der Waals surface area contributed by atoms with Crippen LogP contribution in [-0.2, 0) is 14.3 Å². The van der Waals surface area contributed by atoms with Crippen molar-refractivity contribution >= 4 is 6.29 Å². The molecular formula is C13H16O3. The van der Waals surface area contributed by atoms with Crippen LogP contribution in [0.3, 0.4) is 0 Å². The van der Waals surface area contributed by atoms with Gasteiger partial charge in [-0.15, -0.1) is 0 Å². The number of rotatable bonds is 4. The molecule has 0 aliphatic carbocycles. The van der Waals surface area contributed by atoms with Crippen LogP contribution in [0.5, 0.6) is 0 Å². The van der Waals surface area contributed by atoms with Crippen molar-refractivity contribution in [2.45, 2.75) is 25.0 Å². The van der Waals surface area contributed by atoms with Gasteiger partial charge in [0.15, 0.2) is 6.29 Å². The Hall–Kier alpha value is -1.19. The maximum Gasteiger partial charge on any atom is 0.158 e. The van der Waals surface area contributed by atoms with Crippen molar-refractivity contribution in [3.63, 3.8) is 0 Å². The Balaban J connectivity index is 1.83. The smallest absolute Gasteiger partial charge is 0.158 e. The largest absolute Gasteiger partial charge is 0.352 e. The van der Waals surface area contributed by atoms with E-state index >= 15 is 0 Å². The van der Waals surface area contributed by atoms with E-state index in [9.17, 15) is 4.79 Å². The van der Waals surface area contributed by atoms with Crippen molar-refractivity contribution in [3.05, 3.63) is 35.9 Å². The van der Waals surface area contributed by atoms with Crippen molar-refractivity contribution in [3.8, 4) is 0 Å². The second-order valence-corrected chi connectivity index (χ2v) is 3.95. The van der Waals surface area contributed by atoms with Crippen LogP contribution in [0, 0.1) is 0 Å². The van der Waals surface area contributed by atoms with E-state index in [-0.39, 0.29) is 6.29 Å². The third-order valence-electron chi connectivity index (χ3n) is 2.76. The molecule has 1 fully saturated rings. The number of benzene rings is 1. The first-order valence-corrected chi connectivity index (χ1v) is 5.62. The van der Waals surface area contributed by atoms with Gasteiger partial charge in [0.25, 0.3) is 0 Å². The van der Waals surface area contributed by atoms with Crippen LogP contribution in [-0.4, -0.2) is 25.8 Å². The van der Waals surface area contributed by atoms with Crippen LogP contribution in [0.25, 0.3) is 0 Å². The van der Waals surface area contributed by atoms with Gasteiger partial charge in [-0.2, -0.15) is 0 Å². The van der Waals surface area contributed by atoms with Crippen LogP contribution in [0.4, 0.5) is 0 Å². The molecule has 1 aromatic carbocycles. The van der Waals surface area contributed by atoms with Crippen LogP contribution in [0.15, 0.2) is 30.3 Å². The summed E-state index contributed by atoms with van der Waals surface area (Å²) in [5, 5.41) is 0. The van der Waals surface area contributed by atoms with Crippen molar-refractivity contribution in [2.24, 2.45) is 0 Å². The van der Waals surface area contributed by atoms with E-state index in [0.717, 1.165) is 6.29 Å². The minimum absolute atomic E-state index is 0.204. The van der Waals surface area contributed by atoms with Gasteiger partial charge in [-0.25, -0.2) is 0 Å². The summed E-state index contributed by atoms with van der Waals surface area (Å²) in [6.45, 7) is 1.35. The molecule has 3 heteroatoms. The molecule has 3 nitrogen and oxygen atoms in total. The zero-order chi connectivity index (χ0) is 11.2. The Morgan fingerprint density at radius 1 is 1.19 bits per heavy atom. The molecule has 16 heavy (non-hydrogen) atoms. The highest BCUT2D eigenvalue weighted by atomic mass is 16.7. The van der Waals surface area contributed by atoms with Crippen molar-refractivity contribution in [1.82, 2.24) is 0 Å². The molecule has 0 atom stereocenters. The Labute approximate surface area is 95.4 Å². The summed E-state index contributed by atoms with van der Waals surface area (Å²) in [5.74, 6) is 0.314. The van der Waals surface area contributed by atoms with Gasteiger partial charge in [-0.1, -0.05) is 30.3 Å². The number of aldehydes is 1. The minimum atomic E-state index is -0.204. The maximum absolute atomic E-state index is 10.2. The van der Waals surface area contributed by atoms with Gasteiger partial charge in [-0.05, 0) is 5.56 Å². The molecule has 1 heterocycles. The molecule has 0 bridgehead atoms. The molecule has 2 rings (SSSR count). The molecule has 0 N–H and O–H groups in total. The number of hydrogen-bond acceptors (Lipinski definition) is 3. The molecule has 0 radical (unpaired) electrons. The highest BCUT2D eigenvalue weighted by Crippen LogP contribution is 2.23. The summed E-state index contributed by atoms with van der Waals surface area (Å²) in [6, 6.07) is 10.2. The summed E-state index contributed by atoms with van der Waals surface area (Å²) in [5.41, 5.74) is 1.25. The number of carbonyl (C=O) groups excluding carboxylic acids is 1. The highest BCUT2D eigenvalue weighted by Gasteiger charge is 2.22. The summed E-state index contributed by atoms with van der Waals surface area (Å²) >= 11 is 0. The Morgan fingerprint density at radius 3 is 2.50 bits per heavy atom. The Kier molecular flexibility index (Phi) is 4.08. The topological polar surface area (TPSA) is 35.5 Å². The lowest BCUT2D eigenvalue weighted by Crippen LogP contribution is -2.30. The molecule has 0 amide bonds. The lowest BCUT2D eigenvalue weighted by molar-refractivity contribution is -0.189. The first-order chi connectivity index (χ1) is 7.90. The predicted octanol–water partition coefficient (Wildman–Crippen LogP) is 2.12. The fraction of sp³-hybridized carbons (Fsp3) is 0.462.